The molecule has 0 spiro atoms. The lowest BCUT2D eigenvalue weighted by Gasteiger charge is -2.03. The Morgan fingerprint density at radius 3 is 3.23 bits per heavy atom. The van der Waals surface area contributed by atoms with Gasteiger partial charge in [-0.3, -0.25) is 0 Å². The second kappa shape index (κ2) is 2.22. The summed E-state index contributed by atoms with van der Waals surface area (Å²) in [7, 11) is 0. The molecule has 0 fully saturated rings. The molecule has 2 heterocycles. The molecule has 0 radical (unpaired) electrons. The van der Waals surface area contributed by atoms with Crippen LogP contribution >= 0.6 is 0 Å². The van der Waals surface area contributed by atoms with E-state index in [0.717, 1.165) is 36.2 Å². The normalized spacial score (nSPS) is 15.1. The van der Waals surface area contributed by atoms with E-state index in [1.165, 1.54) is 6.33 Å². The molecule has 0 amide bonds. The zero-order valence-electron chi connectivity index (χ0n) is 7.06. The van der Waals surface area contributed by atoms with Gasteiger partial charge in [-0.15, -0.1) is 0 Å². The van der Waals surface area contributed by atoms with Gasteiger partial charge in [-0.2, -0.15) is 5.10 Å². The number of hydrogen-bond donors (Lipinski definition) is 1. The Bertz CT molecular complexity index is 475. The first-order chi connectivity index (χ1) is 6.36. The molecule has 13 heavy (non-hydrogen) atoms. The molecule has 2 aromatic heterocycles. The first-order valence-corrected chi connectivity index (χ1v) is 4.40. The molecule has 1 aliphatic carbocycles. The van der Waals surface area contributed by atoms with Gasteiger partial charge in [-0.1, -0.05) is 0 Å². The summed E-state index contributed by atoms with van der Waals surface area (Å²) in [5.41, 5.74) is 2.89. The predicted molar refractivity (Wildman–Crippen MR) is 46.7 cm³/mol. The quantitative estimate of drug-likeness (QED) is 0.647. The van der Waals surface area contributed by atoms with E-state index in [2.05, 4.69) is 10.1 Å². The van der Waals surface area contributed by atoms with Crippen LogP contribution in [0.25, 0.3) is 5.65 Å². The van der Waals surface area contributed by atoms with Gasteiger partial charge in [0.1, 0.15) is 12.1 Å². The molecule has 66 valence electrons. The molecular formula is C9H9N3O. The molecule has 0 bridgehead atoms. The van der Waals surface area contributed by atoms with E-state index in [1.54, 1.807) is 6.07 Å². The van der Waals surface area contributed by atoms with Crippen molar-refractivity contribution in [3.63, 3.8) is 0 Å². The zero-order chi connectivity index (χ0) is 8.84. The van der Waals surface area contributed by atoms with Crippen LogP contribution in [0.5, 0.6) is 5.75 Å². The van der Waals surface area contributed by atoms with Crippen LogP contribution in [0.3, 0.4) is 0 Å². The van der Waals surface area contributed by atoms with Gasteiger partial charge < -0.3 is 5.11 Å². The van der Waals surface area contributed by atoms with Gasteiger partial charge in [0.05, 0.1) is 5.69 Å². The number of aryl methyl sites for hydroxylation is 1. The molecule has 4 nitrogen and oxygen atoms in total. The summed E-state index contributed by atoms with van der Waals surface area (Å²) in [4.78, 5) is 4.05. The van der Waals surface area contributed by atoms with Gasteiger partial charge in [0.2, 0.25) is 0 Å². The fourth-order valence-electron chi connectivity index (χ4n) is 2.00. The van der Waals surface area contributed by atoms with Crippen LogP contribution in [0.4, 0.5) is 0 Å². The van der Waals surface area contributed by atoms with E-state index >= 15 is 0 Å². The first kappa shape index (κ1) is 6.88. The number of aromatic nitrogens is 3. The number of rotatable bonds is 0. The van der Waals surface area contributed by atoms with Crippen molar-refractivity contribution in [2.45, 2.75) is 19.3 Å². The summed E-state index contributed by atoms with van der Waals surface area (Å²) in [6.45, 7) is 0. The minimum atomic E-state index is 0.369. The number of nitrogens with zero attached hydrogens (tertiary/aromatic N) is 3. The molecule has 1 aliphatic rings. The van der Waals surface area contributed by atoms with E-state index < -0.39 is 0 Å². The van der Waals surface area contributed by atoms with Crippen LogP contribution in [-0.4, -0.2) is 19.7 Å². The van der Waals surface area contributed by atoms with Crippen molar-refractivity contribution in [2.75, 3.05) is 0 Å². The molecule has 3 rings (SSSR count). The smallest absolute Gasteiger partial charge is 0.159 e. The number of fused-ring (bicyclic) bond motifs is 3. The summed E-state index contributed by atoms with van der Waals surface area (Å²) < 4.78 is 1.82. The van der Waals surface area contributed by atoms with Crippen molar-refractivity contribution >= 4 is 5.65 Å². The first-order valence-electron chi connectivity index (χ1n) is 4.40. The molecule has 1 N–H and O–H groups in total. The summed E-state index contributed by atoms with van der Waals surface area (Å²) in [6, 6.07) is 1.68. The molecule has 0 saturated heterocycles. The average molecular weight is 175 g/mol. The van der Waals surface area contributed by atoms with Crippen LogP contribution in [0.2, 0.25) is 0 Å². The van der Waals surface area contributed by atoms with E-state index in [1.807, 2.05) is 4.52 Å². The summed E-state index contributed by atoms with van der Waals surface area (Å²) in [6.07, 6.45) is 4.57. The predicted octanol–water partition coefficient (Wildman–Crippen LogP) is 0.924. The average Bonchev–Trinajstić information content (AvgIpc) is 2.66. The largest absolute Gasteiger partial charge is 0.507 e. The Labute approximate surface area is 74.8 Å². The van der Waals surface area contributed by atoms with E-state index in [4.69, 9.17) is 0 Å². The zero-order valence-corrected chi connectivity index (χ0v) is 7.06. The van der Waals surface area contributed by atoms with Crippen LogP contribution in [-0.2, 0) is 12.8 Å². The standard InChI is InChI=1S/C9H9N3O/c13-8-4-9-10-5-11-12(9)7-3-1-2-6(7)8/h4-5,13H,1-3H2. The Hall–Kier alpha value is -1.58. The van der Waals surface area contributed by atoms with Gasteiger partial charge in [-0.05, 0) is 19.3 Å². The highest BCUT2D eigenvalue weighted by molar-refractivity contribution is 5.51. The highest BCUT2D eigenvalue weighted by Crippen LogP contribution is 2.30. The van der Waals surface area contributed by atoms with Gasteiger partial charge in [-0.25, -0.2) is 9.50 Å². The van der Waals surface area contributed by atoms with Gasteiger partial charge >= 0.3 is 0 Å². The number of pyridine rings is 1. The number of aromatic hydroxyl groups is 1. The lowest BCUT2D eigenvalue weighted by Crippen LogP contribution is -1.97. The molecular weight excluding hydrogens is 166 g/mol. The van der Waals surface area contributed by atoms with Gasteiger partial charge in [0, 0.05) is 11.6 Å². The third kappa shape index (κ3) is 0.798. The Morgan fingerprint density at radius 1 is 1.38 bits per heavy atom. The van der Waals surface area contributed by atoms with Gasteiger partial charge in [0.15, 0.2) is 5.65 Å². The van der Waals surface area contributed by atoms with E-state index in [-0.39, 0.29) is 0 Å². The van der Waals surface area contributed by atoms with E-state index in [0.29, 0.717) is 5.75 Å². The van der Waals surface area contributed by atoms with Crippen LogP contribution in [0.15, 0.2) is 12.4 Å². The van der Waals surface area contributed by atoms with Crippen molar-refractivity contribution in [1.82, 2.24) is 14.6 Å². The van der Waals surface area contributed by atoms with Crippen molar-refractivity contribution < 1.29 is 5.11 Å². The summed E-state index contributed by atoms with van der Waals surface area (Å²) in [5.74, 6) is 0.369. The third-order valence-electron chi connectivity index (χ3n) is 2.59. The van der Waals surface area contributed by atoms with Gasteiger partial charge in [0.25, 0.3) is 0 Å². The third-order valence-corrected chi connectivity index (χ3v) is 2.59. The van der Waals surface area contributed by atoms with Crippen molar-refractivity contribution in [3.8, 4) is 5.75 Å². The van der Waals surface area contributed by atoms with Crippen molar-refractivity contribution in [1.29, 1.82) is 0 Å². The maximum atomic E-state index is 9.67. The molecule has 0 saturated carbocycles. The van der Waals surface area contributed by atoms with Crippen LogP contribution in [0.1, 0.15) is 17.7 Å². The maximum Gasteiger partial charge on any atom is 0.159 e. The highest BCUT2D eigenvalue weighted by atomic mass is 16.3. The Kier molecular flexibility index (Phi) is 1.17. The lowest BCUT2D eigenvalue weighted by atomic mass is 10.2. The fraction of sp³-hybridized carbons (Fsp3) is 0.333. The molecule has 0 unspecified atom stereocenters. The van der Waals surface area contributed by atoms with E-state index in [9.17, 15) is 5.11 Å². The molecule has 0 aromatic carbocycles. The minimum absolute atomic E-state index is 0.369. The second-order valence-electron chi connectivity index (χ2n) is 3.34. The fourth-order valence-corrected chi connectivity index (χ4v) is 2.00. The molecule has 4 heteroatoms. The molecule has 0 atom stereocenters. The molecule has 2 aromatic rings. The maximum absolute atomic E-state index is 9.67. The Balaban J connectivity index is 2.48. The van der Waals surface area contributed by atoms with Crippen LogP contribution in [0, 0.1) is 0 Å². The second-order valence-corrected chi connectivity index (χ2v) is 3.34. The minimum Gasteiger partial charge on any atom is -0.507 e. The topological polar surface area (TPSA) is 50.4 Å². The van der Waals surface area contributed by atoms with Crippen molar-refractivity contribution in [2.24, 2.45) is 0 Å². The Morgan fingerprint density at radius 2 is 2.31 bits per heavy atom. The summed E-state index contributed by atoms with van der Waals surface area (Å²) in [5, 5.41) is 13.8. The van der Waals surface area contributed by atoms with Crippen LogP contribution < -0.4 is 0 Å². The highest BCUT2D eigenvalue weighted by Gasteiger charge is 2.19. The monoisotopic (exact) mass is 175 g/mol. The molecule has 0 aliphatic heterocycles. The van der Waals surface area contributed by atoms with Crippen molar-refractivity contribution in [3.05, 3.63) is 23.7 Å². The SMILES string of the molecule is Oc1cc2ncnn2c2c1CCC2. The number of hydrogen-bond acceptors (Lipinski definition) is 3. The lowest BCUT2D eigenvalue weighted by molar-refractivity contribution is 0.468. The summed E-state index contributed by atoms with van der Waals surface area (Å²) >= 11 is 0.